The Hall–Kier alpha value is -1.26. The van der Waals surface area contributed by atoms with Gasteiger partial charge < -0.3 is 14.5 Å². The van der Waals surface area contributed by atoms with E-state index in [9.17, 15) is 0 Å². The van der Waals surface area contributed by atoms with Crippen LogP contribution >= 0.6 is 15.9 Å². The molecule has 0 aliphatic rings. The van der Waals surface area contributed by atoms with Crippen LogP contribution in [0.4, 0.5) is 0 Å². The van der Waals surface area contributed by atoms with E-state index >= 15 is 0 Å². The highest BCUT2D eigenvalue weighted by atomic mass is 79.9. The third kappa shape index (κ3) is 3.25. The summed E-state index contributed by atoms with van der Waals surface area (Å²) in [7, 11) is 1.67. The maximum atomic E-state index is 6.01. The van der Waals surface area contributed by atoms with E-state index in [1.54, 1.807) is 7.11 Å². The predicted molar refractivity (Wildman–Crippen MR) is 85.1 cm³/mol. The average Bonchev–Trinajstić information content (AvgIpc) is 2.94. The molecule has 0 saturated carbocycles. The van der Waals surface area contributed by atoms with Gasteiger partial charge in [0.15, 0.2) is 0 Å². The van der Waals surface area contributed by atoms with Crippen molar-refractivity contribution in [3.8, 4) is 17.1 Å². The Morgan fingerprint density at radius 2 is 2.05 bits per heavy atom. The zero-order valence-electron chi connectivity index (χ0n) is 12.1. The van der Waals surface area contributed by atoms with Crippen molar-refractivity contribution in [3.63, 3.8) is 0 Å². The standard InChI is InChI=1S/C16H20BrNO2/c1-4-14(18-5-2)16-9-8-15(20-16)12-10-11(19-3)6-7-13(12)17/h6-10,14,18H,4-5H2,1-3H3. The molecule has 1 atom stereocenters. The molecule has 1 aromatic carbocycles. The van der Waals surface area contributed by atoms with E-state index in [2.05, 4.69) is 35.1 Å². The lowest BCUT2D eigenvalue weighted by molar-refractivity contribution is 0.412. The van der Waals surface area contributed by atoms with Crippen molar-refractivity contribution < 1.29 is 9.15 Å². The van der Waals surface area contributed by atoms with Gasteiger partial charge in [-0.1, -0.05) is 29.8 Å². The van der Waals surface area contributed by atoms with Crippen molar-refractivity contribution in [2.45, 2.75) is 26.3 Å². The summed E-state index contributed by atoms with van der Waals surface area (Å²) < 4.78 is 12.3. The molecule has 4 heteroatoms. The van der Waals surface area contributed by atoms with E-state index in [-0.39, 0.29) is 6.04 Å². The number of furan rings is 1. The van der Waals surface area contributed by atoms with Crippen molar-refractivity contribution in [3.05, 3.63) is 40.6 Å². The summed E-state index contributed by atoms with van der Waals surface area (Å²) in [4.78, 5) is 0. The first-order chi connectivity index (χ1) is 9.69. The number of rotatable bonds is 6. The number of ether oxygens (including phenoxy) is 1. The van der Waals surface area contributed by atoms with E-state index in [0.717, 1.165) is 40.3 Å². The van der Waals surface area contributed by atoms with Crippen molar-refractivity contribution in [2.24, 2.45) is 0 Å². The predicted octanol–water partition coefficient (Wildman–Crippen LogP) is 4.78. The minimum Gasteiger partial charge on any atom is -0.497 e. The van der Waals surface area contributed by atoms with Crippen LogP contribution in [-0.4, -0.2) is 13.7 Å². The summed E-state index contributed by atoms with van der Waals surface area (Å²) in [5, 5.41) is 3.42. The van der Waals surface area contributed by atoms with Gasteiger partial charge in [-0.2, -0.15) is 0 Å². The quantitative estimate of drug-likeness (QED) is 0.823. The molecular weight excluding hydrogens is 318 g/mol. The minimum atomic E-state index is 0.262. The zero-order chi connectivity index (χ0) is 14.5. The lowest BCUT2D eigenvalue weighted by Gasteiger charge is -2.12. The third-order valence-electron chi connectivity index (χ3n) is 3.27. The van der Waals surface area contributed by atoms with Gasteiger partial charge in [0.2, 0.25) is 0 Å². The Kier molecular flexibility index (Phi) is 5.26. The molecule has 0 saturated heterocycles. The maximum Gasteiger partial charge on any atom is 0.135 e. The van der Waals surface area contributed by atoms with Crippen LogP contribution in [0.15, 0.2) is 39.2 Å². The van der Waals surface area contributed by atoms with Crippen molar-refractivity contribution in [1.82, 2.24) is 5.32 Å². The molecule has 0 bridgehead atoms. The molecule has 0 spiro atoms. The van der Waals surface area contributed by atoms with E-state index in [1.807, 2.05) is 30.3 Å². The molecule has 1 N–H and O–H groups in total. The largest absolute Gasteiger partial charge is 0.497 e. The fraction of sp³-hybridized carbons (Fsp3) is 0.375. The molecule has 0 aliphatic carbocycles. The van der Waals surface area contributed by atoms with Crippen LogP contribution in [0.2, 0.25) is 0 Å². The summed E-state index contributed by atoms with van der Waals surface area (Å²) in [6, 6.07) is 10.2. The van der Waals surface area contributed by atoms with E-state index in [0.29, 0.717) is 0 Å². The summed E-state index contributed by atoms with van der Waals surface area (Å²) in [5.74, 6) is 2.64. The van der Waals surface area contributed by atoms with E-state index in [1.165, 1.54) is 0 Å². The van der Waals surface area contributed by atoms with Gasteiger partial charge in [0.05, 0.1) is 13.2 Å². The lowest BCUT2D eigenvalue weighted by Crippen LogP contribution is -2.19. The van der Waals surface area contributed by atoms with Crippen molar-refractivity contribution in [1.29, 1.82) is 0 Å². The topological polar surface area (TPSA) is 34.4 Å². The molecule has 0 amide bonds. The van der Waals surface area contributed by atoms with Crippen molar-refractivity contribution >= 4 is 15.9 Å². The normalized spacial score (nSPS) is 12.4. The van der Waals surface area contributed by atoms with Crippen LogP contribution in [0.5, 0.6) is 5.75 Å². The fourth-order valence-corrected chi connectivity index (χ4v) is 2.64. The maximum absolute atomic E-state index is 6.01. The second-order valence-electron chi connectivity index (χ2n) is 4.57. The van der Waals surface area contributed by atoms with Crippen LogP contribution in [0.3, 0.4) is 0 Å². The number of benzene rings is 1. The minimum absolute atomic E-state index is 0.262. The lowest BCUT2D eigenvalue weighted by atomic mass is 10.1. The first kappa shape index (κ1) is 15.1. The third-order valence-corrected chi connectivity index (χ3v) is 3.96. The Morgan fingerprint density at radius 1 is 1.25 bits per heavy atom. The second kappa shape index (κ2) is 6.95. The molecule has 2 aromatic rings. The summed E-state index contributed by atoms with van der Waals surface area (Å²) >= 11 is 3.56. The Bertz CT molecular complexity index is 565. The summed E-state index contributed by atoms with van der Waals surface area (Å²) in [5.41, 5.74) is 1.00. The first-order valence-electron chi connectivity index (χ1n) is 6.86. The molecule has 0 radical (unpaired) electrons. The molecule has 2 rings (SSSR count). The van der Waals surface area contributed by atoms with Gasteiger partial charge in [0.1, 0.15) is 17.3 Å². The van der Waals surface area contributed by atoms with Crippen LogP contribution in [0, 0.1) is 0 Å². The fourth-order valence-electron chi connectivity index (χ4n) is 2.20. The molecule has 108 valence electrons. The van der Waals surface area contributed by atoms with E-state index in [4.69, 9.17) is 9.15 Å². The SMILES string of the molecule is CCNC(CC)c1ccc(-c2cc(OC)ccc2Br)o1. The zero-order valence-corrected chi connectivity index (χ0v) is 13.7. The number of hydrogen-bond acceptors (Lipinski definition) is 3. The number of hydrogen-bond donors (Lipinski definition) is 1. The van der Waals surface area contributed by atoms with Gasteiger partial charge in [-0.25, -0.2) is 0 Å². The highest BCUT2D eigenvalue weighted by molar-refractivity contribution is 9.10. The van der Waals surface area contributed by atoms with Crippen LogP contribution in [-0.2, 0) is 0 Å². The monoisotopic (exact) mass is 337 g/mol. The van der Waals surface area contributed by atoms with Crippen molar-refractivity contribution in [2.75, 3.05) is 13.7 Å². The molecule has 1 aromatic heterocycles. The number of nitrogens with one attached hydrogen (secondary N) is 1. The molecule has 1 heterocycles. The Morgan fingerprint density at radius 3 is 2.70 bits per heavy atom. The Labute approximate surface area is 128 Å². The molecule has 0 aliphatic heterocycles. The highest BCUT2D eigenvalue weighted by Gasteiger charge is 2.15. The molecule has 1 unspecified atom stereocenters. The van der Waals surface area contributed by atoms with Crippen LogP contribution < -0.4 is 10.1 Å². The smallest absolute Gasteiger partial charge is 0.135 e. The van der Waals surface area contributed by atoms with Gasteiger partial charge in [0, 0.05) is 10.0 Å². The first-order valence-corrected chi connectivity index (χ1v) is 7.65. The molecule has 0 fully saturated rings. The van der Waals surface area contributed by atoms with Gasteiger partial charge in [0.25, 0.3) is 0 Å². The number of halogens is 1. The van der Waals surface area contributed by atoms with Crippen LogP contribution in [0.25, 0.3) is 11.3 Å². The Balaban J connectivity index is 2.32. The van der Waals surface area contributed by atoms with Gasteiger partial charge in [-0.15, -0.1) is 0 Å². The summed E-state index contributed by atoms with van der Waals surface area (Å²) in [6.07, 6.45) is 1.00. The number of methoxy groups -OCH3 is 1. The second-order valence-corrected chi connectivity index (χ2v) is 5.42. The molecular formula is C16H20BrNO2. The highest BCUT2D eigenvalue weighted by Crippen LogP contribution is 2.34. The van der Waals surface area contributed by atoms with Gasteiger partial charge in [-0.3, -0.25) is 0 Å². The molecule has 3 nitrogen and oxygen atoms in total. The average molecular weight is 338 g/mol. The molecule has 20 heavy (non-hydrogen) atoms. The summed E-state index contributed by atoms with van der Waals surface area (Å²) in [6.45, 7) is 5.18. The van der Waals surface area contributed by atoms with Gasteiger partial charge >= 0.3 is 0 Å². The van der Waals surface area contributed by atoms with Gasteiger partial charge in [-0.05, 0) is 43.3 Å². The van der Waals surface area contributed by atoms with Crippen LogP contribution in [0.1, 0.15) is 32.1 Å². The van der Waals surface area contributed by atoms with E-state index < -0.39 is 0 Å².